The van der Waals surface area contributed by atoms with Crippen molar-refractivity contribution < 1.29 is 0 Å². The molecule has 2 heteroatoms. The molecule has 1 aromatic rings. The Balaban J connectivity index is 2.57. The van der Waals surface area contributed by atoms with Crippen LogP contribution in [0.15, 0.2) is 30.8 Å². The number of benzene rings is 1. The molecule has 0 nitrogen and oxygen atoms in total. The van der Waals surface area contributed by atoms with E-state index in [4.69, 9.17) is 10.0 Å². The van der Waals surface area contributed by atoms with Crippen LogP contribution in [0.4, 0.5) is 0 Å². The first-order valence-corrected chi connectivity index (χ1v) is 13.2. The average molecular weight is 297 g/mol. The molecule has 0 amide bonds. The molecule has 0 saturated carbocycles. The van der Waals surface area contributed by atoms with Crippen molar-refractivity contribution in [1.29, 1.82) is 0 Å². The predicted octanol–water partition coefficient (Wildman–Crippen LogP) is 5.10. The Morgan fingerprint density at radius 3 is 2.19 bits per heavy atom. The summed E-state index contributed by atoms with van der Waals surface area (Å²) in [5, 5.41) is 3.69. The molecule has 88 valence electrons. The van der Waals surface area contributed by atoms with Crippen molar-refractivity contribution in [2.75, 3.05) is 0 Å². The molecule has 0 spiro atoms. The summed E-state index contributed by atoms with van der Waals surface area (Å²) in [6.07, 6.45) is 3.02. The fourth-order valence-electron chi connectivity index (χ4n) is 1.79. The Labute approximate surface area is 106 Å². The minimum absolute atomic E-state index is 1.14. The van der Waals surface area contributed by atoms with E-state index in [-0.39, 0.29) is 0 Å². The monoisotopic (exact) mass is 298 g/mol. The Morgan fingerprint density at radius 2 is 1.75 bits per heavy atom. The Bertz CT molecular complexity index is 325. The molecule has 0 aromatic heterocycles. The maximum atomic E-state index is 6.69. The van der Waals surface area contributed by atoms with Crippen molar-refractivity contribution in [2.24, 2.45) is 0 Å². The van der Waals surface area contributed by atoms with E-state index in [1.807, 2.05) is 6.08 Å². The molecule has 16 heavy (non-hydrogen) atoms. The number of aryl methyl sites for hydroxylation is 1. The molecule has 0 bridgehead atoms. The second-order valence-electron chi connectivity index (χ2n) is 4.30. The molecule has 0 atom stereocenters. The summed E-state index contributed by atoms with van der Waals surface area (Å²) in [5.41, 5.74) is 2.59. The zero-order valence-electron chi connectivity index (χ0n) is 10.3. The van der Waals surface area contributed by atoms with Crippen molar-refractivity contribution >= 4 is 28.4 Å². The van der Waals surface area contributed by atoms with E-state index in [1.54, 1.807) is 0 Å². The fraction of sp³-hybridized carbons (Fsp3) is 0.429. The normalized spacial score (nSPS) is 11.4. The molecule has 0 N–H and O–H groups in total. The third-order valence-corrected chi connectivity index (χ3v) is 14.8. The standard InChI is InChI=1S/C14H21ClGe/c1-4-13-7-9-14(10-8-13)11-12-16(15,5-2)6-3/h4,7-10H,1,5-6,11-12H2,2-3H3. The van der Waals surface area contributed by atoms with Crippen LogP contribution in [-0.2, 0) is 6.42 Å². The van der Waals surface area contributed by atoms with Crippen molar-refractivity contribution in [1.82, 2.24) is 0 Å². The van der Waals surface area contributed by atoms with E-state index < -0.39 is 12.3 Å². The van der Waals surface area contributed by atoms with Gasteiger partial charge in [0, 0.05) is 0 Å². The molecular formula is C14H21ClGe. The van der Waals surface area contributed by atoms with Crippen LogP contribution >= 0.6 is 10.0 Å². The third kappa shape index (κ3) is 3.99. The van der Waals surface area contributed by atoms with Gasteiger partial charge in [-0.15, -0.1) is 0 Å². The molecule has 0 fully saturated rings. The van der Waals surface area contributed by atoms with Crippen LogP contribution in [0.1, 0.15) is 25.0 Å². The molecule has 0 heterocycles. The van der Waals surface area contributed by atoms with Crippen molar-refractivity contribution in [2.45, 2.75) is 36.0 Å². The molecule has 0 aliphatic heterocycles. The molecule has 1 rings (SSSR count). The molecule has 0 aliphatic carbocycles. The average Bonchev–Trinajstić information content (AvgIpc) is 2.36. The summed E-state index contributed by atoms with van der Waals surface area (Å²) in [6, 6.07) is 8.65. The molecule has 0 radical (unpaired) electrons. The second kappa shape index (κ2) is 6.51. The van der Waals surface area contributed by atoms with Gasteiger partial charge in [0.1, 0.15) is 0 Å². The van der Waals surface area contributed by atoms with Gasteiger partial charge >= 0.3 is 106 Å². The summed E-state index contributed by atoms with van der Waals surface area (Å²) in [4.78, 5) is 0. The van der Waals surface area contributed by atoms with Gasteiger partial charge in [0.25, 0.3) is 0 Å². The summed E-state index contributed by atoms with van der Waals surface area (Å²) < 4.78 is 0. The Morgan fingerprint density at radius 1 is 1.19 bits per heavy atom. The van der Waals surface area contributed by atoms with Crippen LogP contribution in [0.5, 0.6) is 0 Å². The van der Waals surface area contributed by atoms with E-state index in [1.165, 1.54) is 26.9 Å². The van der Waals surface area contributed by atoms with Crippen LogP contribution in [-0.4, -0.2) is 12.3 Å². The van der Waals surface area contributed by atoms with Crippen LogP contribution in [0.3, 0.4) is 0 Å². The quantitative estimate of drug-likeness (QED) is 0.641. The Kier molecular flexibility index (Phi) is 5.64. The van der Waals surface area contributed by atoms with Crippen LogP contribution in [0.2, 0.25) is 15.8 Å². The van der Waals surface area contributed by atoms with Gasteiger partial charge in [-0.1, -0.05) is 0 Å². The van der Waals surface area contributed by atoms with Crippen molar-refractivity contribution in [3.05, 3.63) is 42.0 Å². The second-order valence-corrected chi connectivity index (χ2v) is 17.3. The van der Waals surface area contributed by atoms with Crippen LogP contribution in [0.25, 0.3) is 6.08 Å². The number of rotatable bonds is 6. The molecular weight excluding hydrogens is 276 g/mol. The molecule has 0 aliphatic rings. The summed E-state index contributed by atoms with van der Waals surface area (Å²) in [5.74, 6) is 0. The van der Waals surface area contributed by atoms with Gasteiger partial charge < -0.3 is 0 Å². The van der Waals surface area contributed by atoms with Gasteiger partial charge in [0.05, 0.1) is 0 Å². The number of hydrogen-bond donors (Lipinski definition) is 0. The first-order valence-electron chi connectivity index (χ1n) is 6.04. The zero-order chi connectivity index (χ0) is 12.0. The van der Waals surface area contributed by atoms with Gasteiger partial charge in [-0.2, -0.15) is 0 Å². The van der Waals surface area contributed by atoms with E-state index in [0.29, 0.717) is 0 Å². The molecule has 0 saturated heterocycles. The van der Waals surface area contributed by atoms with Gasteiger partial charge in [-0.3, -0.25) is 0 Å². The van der Waals surface area contributed by atoms with Gasteiger partial charge in [0.15, 0.2) is 0 Å². The molecule has 1 aromatic carbocycles. The minimum atomic E-state index is -1.95. The van der Waals surface area contributed by atoms with Crippen LogP contribution < -0.4 is 0 Å². The van der Waals surface area contributed by atoms with E-state index in [0.717, 1.165) is 6.42 Å². The summed E-state index contributed by atoms with van der Waals surface area (Å²) >= 11 is -1.95. The first kappa shape index (κ1) is 13.9. The fourth-order valence-corrected chi connectivity index (χ4v) is 6.36. The van der Waals surface area contributed by atoms with E-state index in [9.17, 15) is 0 Å². The SMILES string of the molecule is C=Cc1ccc(C[CH2][Ge]([Cl])([CH2]C)[CH2]C)cc1. The van der Waals surface area contributed by atoms with Crippen LogP contribution in [0, 0.1) is 0 Å². The van der Waals surface area contributed by atoms with Gasteiger partial charge in [-0.25, -0.2) is 0 Å². The first-order chi connectivity index (χ1) is 7.63. The van der Waals surface area contributed by atoms with Gasteiger partial charge in [-0.05, 0) is 0 Å². The van der Waals surface area contributed by atoms with Crippen molar-refractivity contribution in [3.8, 4) is 0 Å². The Hall–Kier alpha value is -0.207. The van der Waals surface area contributed by atoms with E-state index in [2.05, 4.69) is 44.7 Å². The number of halogens is 1. The third-order valence-electron chi connectivity index (χ3n) is 3.34. The van der Waals surface area contributed by atoms with Crippen molar-refractivity contribution in [3.63, 3.8) is 0 Å². The number of hydrogen-bond acceptors (Lipinski definition) is 0. The summed E-state index contributed by atoms with van der Waals surface area (Å²) in [7, 11) is 6.69. The predicted molar refractivity (Wildman–Crippen MR) is 77.6 cm³/mol. The topological polar surface area (TPSA) is 0 Å². The molecule has 0 unspecified atom stereocenters. The maximum absolute atomic E-state index is 6.69. The zero-order valence-corrected chi connectivity index (χ0v) is 13.2. The van der Waals surface area contributed by atoms with Gasteiger partial charge in [0.2, 0.25) is 0 Å². The van der Waals surface area contributed by atoms with E-state index >= 15 is 0 Å². The summed E-state index contributed by atoms with van der Waals surface area (Å²) in [6.45, 7) is 8.26.